The second-order valence-electron chi connectivity index (χ2n) is 9.38. The standard InChI is InChI=1S/C29H27ClN6O2/c1-35-11-13-36(14-12-35)18-26(37)33-24-10-8-22(15-20(24)17-31)32-28(19-5-3-2-4-6-19)27-23-9-7-21(30)16-25(23)34-29(27)38/h2-10,15-16,32H,11-14,18H2,1H3,(H,33,37)(H,34,38). The Hall–Kier alpha value is -4.16. The Kier molecular flexibility index (Phi) is 7.43. The van der Waals surface area contributed by atoms with Gasteiger partial charge in [0.1, 0.15) is 6.07 Å². The first kappa shape index (κ1) is 25.5. The Morgan fingerprint density at radius 1 is 1.03 bits per heavy atom. The zero-order chi connectivity index (χ0) is 26.6. The van der Waals surface area contributed by atoms with Crippen LogP contribution in [-0.4, -0.2) is 61.4 Å². The maximum absolute atomic E-state index is 13.1. The Balaban J connectivity index is 1.42. The molecule has 1 fully saturated rings. The number of likely N-dealkylation sites (N-methyl/N-ethyl adjacent to an activating group) is 1. The van der Waals surface area contributed by atoms with Gasteiger partial charge in [0, 0.05) is 42.5 Å². The average molecular weight is 527 g/mol. The third-order valence-corrected chi connectivity index (χ3v) is 6.92. The summed E-state index contributed by atoms with van der Waals surface area (Å²) in [7, 11) is 2.07. The molecule has 1 saturated heterocycles. The number of nitrogens with zero attached hydrogens (tertiary/aromatic N) is 3. The van der Waals surface area contributed by atoms with Crippen LogP contribution in [0.5, 0.6) is 0 Å². The number of carbonyl (C=O) groups excluding carboxylic acids is 2. The van der Waals surface area contributed by atoms with Crippen LogP contribution in [0.25, 0.3) is 11.3 Å². The molecule has 2 heterocycles. The van der Waals surface area contributed by atoms with Crippen molar-refractivity contribution in [3.8, 4) is 6.07 Å². The topological polar surface area (TPSA) is 100 Å². The van der Waals surface area contributed by atoms with Crippen LogP contribution >= 0.6 is 11.6 Å². The number of hydrogen-bond acceptors (Lipinski definition) is 6. The lowest BCUT2D eigenvalue weighted by Crippen LogP contribution is -2.47. The predicted molar refractivity (Wildman–Crippen MR) is 151 cm³/mol. The second kappa shape index (κ2) is 11.1. The summed E-state index contributed by atoms with van der Waals surface area (Å²) in [6.45, 7) is 3.79. The lowest BCUT2D eigenvalue weighted by Gasteiger charge is -2.31. The number of anilines is 3. The first-order valence-corrected chi connectivity index (χ1v) is 12.7. The van der Waals surface area contributed by atoms with E-state index >= 15 is 0 Å². The van der Waals surface area contributed by atoms with E-state index < -0.39 is 0 Å². The molecular formula is C29H27ClN6O2. The number of nitrogens with one attached hydrogen (secondary N) is 3. The zero-order valence-electron chi connectivity index (χ0n) is 20.9. The van der Waals surface area contributed by atoms with Crippen molar-refractivity contribution in [2.24, 2.45) is 0 Å². The molecule has 0 saturated carbocycles. The molecule has 2 aliphatic heterocycles. The molecular weight excluding hydrogens is 500 g/mol. The van der Waals surface area contributed by atoms with Gasteiger partial charge in [-0.1, -0.05) is 48.0 Å². The highest BCUT2D eigenvalue weighted by Gasteiger charge is 2.28. The molecule has 38 heavy (non-hydrogen) atoms. The Morgan fingerprint density at radius 3 is 2.53 bits per heavy atom. The summed E-state index contributed by atoms with van der Waals surface area (Å²) in [4.78, 5) is 30.1. The fourth-order valence-corrected chi connectivity index (χ4v) is 4.82. The number of halogens is 1. The maximum atomic E-state index is 13.1. The first-order chi connectivity index (χ1) is 18.4. The highest BCUT2D eigenvalue weighted by Crippen LogP contribution is 2.39. The summed E-state index contributed by atoms with van der Waals surface area (Å²) in [5.41, 5.74) is 4.64. The molecule has 2 aliphatic rings. The monoisotopic (exact) mass is 526 g/mol. The molecule has 5 rings (SSSR count). The van der Waals surface area contributed by atoms with Gasteiger partial charge in [-0.15, -0.1) is 0 Å². The molecule has 0 unspecified atom stereocenters. The van der Waals surface area contributed by atoms with Crippen LogP contribution in [0.2, 0.25) is 5.02 Å². The first-order valence-electron chi connectivity index (χ1n) is 12.3. The van der Waals surface area contributed by atoms with Crippen molar-refractivity contribution in [2.45, 2.75) is 0 Å². The van der Waals surface area contributed by atoms with Crippen molar-refractivity contribution in [1.29, 1.82) is 5.26 Å². The molecule has 0 spiro atoms. The van der Waals surface area contributed by atoms with Crippen molar-refractivity contribution >= 4 is 51.7 Å². The maximum Gasteiger partial charge on any atom is 0.258 e. The minimum Gasteiger partial charge on any atom is -0.354 e. The van der Waals surface area contributed by atoms with E-state index in [9.17, 15) is 14.9 Å². The van der Waals surface area contributed by atoms with Crippen molar-refractivity contribution in [1.82, 2.24) is 9.80 Å². The minimum atomic E-state index is -0.248. The van der Waals surface area contributed by atoms with Crippen molar-refractivity contribution < 1.29 is 9.59 Å². The molecule has 0 aliphatic carbocycles. The number of benzene rings is 3. The molecule has 0 atom stereocenters. The molecule has 0 radical (unpaired) electrons. The zero-order valence-corrected chi connectivity index (χ0v) is 21.7. The van der Waals surface area contributed by atoms with Crippen LogP contribution in [0.15, 0.2) is 66.7 Å². The van der Waals surface area contributed by atoms with E-state index in [-0.39, 0.29) is 18.4 Å². The van der Waals surface area contributed by atoms with Gasteiger partial charge in [-0.25, -0.2) is 0 Å². The van der Waals surface area contributed by atoms with Gasteiger partial charge in [-0.05, 0) is 42.9 Å². The molecule has 3 aromatic carbocycles. The van der Waals surface area contributed by atoms with Gasteiger partial charge < -0.3 is 20.9 Å². The number of fused-ring (bicyclic) bond motifs is 1. The summed E-state index contributed by atoms with van der Waals surface area (Å²) in [5.74, 6) is -0.404. The van der Waals surface area contributed by atoms with Crippen LogP contribution in [-0.2, 0) is 9.59 Å². The summed E-state index contributed by atoms with van der Waals surface area (Å²) in [6, 6.07) is 22.1. The van der Waals surface area contributed by atoms with Crippen LogP contribution < -0.4 is 16.0 Å². The lowest BCUT2D eigenvalue weighted by atomic mass is 10.00. The van der Waals surface area contributed by atoms with Gasteiger partial charge in [0.2, 0.25) is 5.91 Å². The summed E-state index contributed by atoms with van der Waals surface area (Å²) < 4.78 is 0. The number of piperazine rings is 1. The number of carbonyl (C=O) groups is 2. The van der Waals surface area contributed by atoms with Gasteiger partial charge in [0.05, 0.1) is 34.8 Å². The van der Waals surface area contributed by atoms with Crippen molar-refractivity contribution in [3.05, 3.63) is 88.4 Å². The largest absolute Gasteiger partial charge is 0.354 e. The van der Waals surface area contributed by atoms with Crippen LogP contribution in [0.3, 0.4) is 0 Å². The molecule has 3 aromatic rings. The Morgan fingerprint density at radius 2 is 1.79 bits per heavy atom. The van der Waals surface area contributed by atoms with Crippen molar-refractivity contribution in [3.63, 3.8) is 0 Å². The van der Waals surface area contributed by atoms with E-state index in [2.05, 4.69) is 38.9 Å². The third kappa shape index (κ3) is 5.55. The molecule has 0 bridgehead atoms. The SMILES string of the molecule is CN1CCN(CC(=O)Nc2ccc(NC(=C3C(=O)Nc4cc(Cl)ccc43)c3ccccc3)cc2C#N)CC1. The highest BCUT2D eigenvalue weighted by atomic mass is 35.5. The van der Waals surface area contributed by atoms with E-state index in [0.717, 1.165) is 37.3 Å². The smallest absolute Gasteiger partial charge is 0.258 e. The predicted octanol–water partition coefficient (Wildman–Crippen LogP) is 4.33. The number of rotatable bonds is 6. The van der Waals surface area contributed by atoms with Gasteiger partial charge >= 0.3 is 0 Å². The van der Waals surface area contributed by atoms with E-state index in [0.29, 0.717) is 38.9 Å². The minimum absolute atomic E-state index is 0.156. The fourth-order valence-electron chi connectivity index (χ4n) is 4.64. The molecule has 8 nitrogen and oxygen atoms in total. The van der Waals surface area contributed by atoms with E-state index in [4.69, 9.17) is 11.6 Å². The normalized spacial score (nSPS) is 16.8. The number of hydrogen-bond donors (Lipinski definition) is 3. The van der Waals surface area contributed by atoms with Crippen LogP contribution in [0, 0.1) is 11.3 Å². The number of nitriles is 1. The van der Waals surface area contributed by atoms with Gasteiger partial charge in [0.25, 0.3) is 5.91 Å². The molecule has 0 aromatic heterocycles. The van der Waals surface area contributed by atoms with Crippen molar-refractivity contribution in [2.75, 3.05) is 55.7 Å². The fraction of sp³-hybridized carbons (Fsp3) is 0.207. The van der Waals surface area contributed by atoms with Gasteiger partial charge in [-0.2, -0.15) is 5.26 Å². The van der Waals surface area contributed by atoms with E-state index in [1.165, 1.54) is 0 Å². The van der Waals surface area contributed by atoms with E-state index in [1.54, 1.807) is 30.3 Å². The molecule has 3 N–H and O–H groups in total. The number of amides is 2. The van der Waals surface area contributed by atoms with Gasteiger partial charge in [-0.3, -0.25) is 14.5 Å². The second-order valence-corrected chi connectivity index (χ2v) is 9.82. The van der Waals surface area contributed by atoms with Crippen LogP contribution in [0.1, 0.15) is 16.7 Å². The van der Waals surface area contributed by atoms with Crippen LogP contribution in [0.4, 0.5) is 17.1 Å². The summed E-state index contributed by atoms with van der Waals surface area (Å²) in [5, 5.41) is 19.5. The molecule has 9 heteroatoms. The highest BCUT2D eigenvalue weighted by molar-refractivity contribution is 6.38. The third-order valence-electron chi connectivity index (χ3n) is 6.69. The average Bonchev–Trinajstić information content (AvgIpc) is 3.24. The summed E-state index contributed by atoms with van der Waals surface area (Å²) >= 11 is 6.14. The summed E-state index contributed by atoms with van der Waals surface area (Å²) in [6.07, 6.45) is 0. The quantitative estimate of drug-likeness (QED) is 0.413. The Labute approximate surface area is 226 Å². The molecule has 2 amide bonds. The Bertz CT molecular complexity index is 1460. The van der Waals surface area contributed by atoms with Gasteiger partial charge in [0.15, 0.2) is 0 Å². The molecule has 192 valence electrons. The van der Waals surface area contributed by atoms with E-state index in [1.807, 2.05) is 36.4 Å². The lowest BCUT2D eigenvalue weighted by molar-refractivity contribution is -0.117.